The van der Waals surface area contributed by atoms with Crippen molar-refractivity contribution in [3.8, 4) is 5.75 Å². The molecule has 7 heteroatoms. The second-order valence-corrected chi connectivity index (χ2v) is 9.73. The zero-order valence-corrected chi connectivity index (χ0v) is 20.6. The van der Waals surface area contributed by atoms with E-state index < -0.39 is 12.5 Å². The lowest BCUT2D eigenvalue weighted by Crippen LogP contribution is -2.32. The van der Waals surface area contributed by atoms with Gasteiger partial charge in [0.1, 0.15) is 17.3 Å². The van der Waals surface area contributed by atoms with Crippen LogP contribution in [0.15, 0.2) is 42.5 Å². The molecule has 3 N–H and O–H groups in total. The lowest BCUT2D eigenvalue weighted by molar-refractivity contribution is -0.131. The standard InChI is InChI=1S/C29H34O7/c1-18(32)13-27(35)24(17-31)22(11-12-30)14-19-15-23-20(8-10-26(34)29(23)28(36)16-19)7-9-25(33)21-5-3-2-4-6-21/h2-6,8,10,19,22,24,30-31,34H,7,9,11-17H2,1H3. The molecule has 0 saturated heterocycles. The number of aryl methyl sites for hydroxylation is 1. The molecule has 0 saturated carbocycles. The van der Waals surface area contributed by atoms with E-state index in [9.17, 15) is 34.5 Å². The fraction of sp³-hybridized carbons (Fsp3) is 0.448. The second kappa shape index (κ2) is 12.7. The molecule has 0 amide bonds. The number of aliphatic hydroxyl groups excluding tert-OH is 2. The highest BCUT2D eigenvalue weighted by atomic mass is 16.3. The topological polar surface area (TPSA) is 129 Å². The van der Waals surface area contributed by atoms with Gasteiger partial charge in [-0.15, -0.1) is 0 Å². The second-order valence-electron chi connectivity index (χ2n) is 9.73. The molecule has 2 aromatic rings. The Morgan fingerprint density at radius 2 is 1.75 bits per heavy atom. The van der Waals surface area contributed by atoms with Gasteiger partial charge >= 0.3 is 0 Å². The molecular weight excluding hydrogens is 460 g/mol. The number of hydrogen-bond donors (Lipinski definition) is 3. The maximum absolute atomic E-state index is 13.0. The fourth-order valence-electron chi connectivity index (χ4n) is 5.33. The van der Waals surface area contributed by atoms with Crippen molar-refractivity contribution in [2.45, 2.75) is 51.9 Å². The molecule has 3 unspecified atom stereocenters. The number of phenols is 1. The number of hydrogen-bond acceptors (Lipinski definition) is 7. The molecule has 0 bridgehead atoms. The molecule has 0 radical (unpaired) electrons. The molecule has 0 fully saturated rings. The smallest absolute Gasteiger partial charge is 0.167 e. The highest BCUT2D eigenvalue weighted by Crippen LogP contribution is 2.38. The number of rotatable bonds is 13. The lowest BCUT2D eigenvalue weighted by atomic mass is 9.72. The van der Waals surface area contributed by atoms with Gasteiger partial charge in [-0.25, -0.2) is 0 Å². The van der Waals surface area contributed by atoms with Gasteiger partial charge in [0.2, 0.25) is 0 Å². The van der Waals surface area contributed by atoms with Crippen molar-refractivity contribution in [3.63, 3.8) is 0 Å². The van der Waals surface area contributed by atoms with Crippen molar-refractivity contribution >= 4 is 23.1 Å². The van der Waals surface area contributed by atoms with Crippen molar-refractivity contribution in [1.29, 1.82) is 0 Å². The van der Waals surface area contributed by atoms with Crippen molar-refractivity contribution < 1.29 is 34.5 Å². The Morgan fingerprint density at radius 3 is 2.39 bits per heavy atom. The summed E-state index contributed by atoms with van der Waals surface area (Å²) in [6, 6.07) is 12.2. The molecule has 1 aliphatic rings. The third kappa shape index (κ3) is 6.74. The molecule has 192 valence electrons. The van der Waals surface area contributed by atoms with Crippen molar-refractivity contribution in [2.75, 3.05) is 13.2 Å². The van der Waals surface area contributed by atoms with Crippen LogP contribution in [0.4, 0.5) is 0 Å². The van der Waals surface area contributed by atoms with E-state index in [1.54, 1.807) is 18.2 Å². The highest BCUT2D eigenvalue weighted by Gasteiger charge is 2.34. The summed E-state index contributed by atoms with van der Waals surface area (Å²) in [7, 11) is 0. The zero-order chi connectivity index (χ0) is 26.2. The zero-order valence-electron chi connectivity index (χ0n) is 20.6. The number of fused-ring (bicyclic) bond motifs is 1. The molecule has 0 aromatic heterocycles. The minimum atomic E-state index is -0.787. The van der Waals surface area contributed by atoms with Gasteiger partial charge in [-0.2, -0.15) is 0 Å². The van der Waals surface area contributed by atoms with E-state index in [1.165, 1.54) is 13.0 Å². The number of carbonyl (C=O) groups is 4. The summed E-state index contributed by atoms with van der Waals surface area (Å²) in [6.07, 6.45) is 1.75. The minimum Gasteiger partial charge on any atom is -0.507 e. The Morgan fingerprint density at radius 1 is 1.03 bits per heavy atom. The number of benzene rings is 2. The number of phenolic OH excluding ortho intramolecular Hbond substituents is 1. The van der Waals surface area contributed by atoms with Crippen LogP contribution in [-0.4, -0.2) is 51.7 Å². The van der Waals surface area contributed by atoms with Crippen LogP contribution in [0.1, 0.15) is 70.9 Å². The van der Waals surface area contributed by atoms with Crippen molar-refractivity contribution in [1.82, 2.24) is 0 Å². The first-order chi connectivity index (χ1) is 17.2. The number of aliphatic hydroxyl groups is 2. The van der Waals surface area contributed by atoms with Crippen LogP contribution in [0.5, 0.6) is 5.75 Å². The quantitative estimate of drug-likeness (QED) is 0.287. The summed E-state index contributed by atoms with van der Waals surface area (Å²) in [4.78, 5) is 49.7. The molecule has 0 heterocycles. The largest absolute Gasteiger partial charge is 0.507 e. The van der Waals surface area contributed by atoms with Crippen molar-refractivity contribution in [3.05, 3.63) is 64.7 Å². The minimum absolute atomic E-state index is 0.00566. The number of aromatic hydroxyl groups is 1. The first-order valence-corrected chi connectivity index (χ1v) is 12.4. The fourth-order valence-corrected chi connectivity index (χ4v) is 5.33. The van der Waals surface area contributed by atoms with Gasteiger partial charge in [-0.05, 0) is 61.6 Å². The summed E-state index contributed by atoms with van der Waals surface area (Å²) in [5.41, 5.74) is 2.46. The predicted octanol–water partition coefficient (Wildman–Crippen LogP) is 3.50. The molecule has 3 rings (SSSR count). The maximum atomic E-state index is 13.0. The monoisotopic (exact) mass is 494 g/mol. The van der Waals surface area contributed by atoms with Gasteiger partial charge in [-0.1, -0.05) is 36.4 Å². The first-order valence-electron chi connectivity index (χ1n) is 12.4. The summed E-state index contributed by atoms with van der Waals surface area (Å²) in [5, 5.41) is 29.9. The van der Waals surface area contributed by atoms with E-state index in [4.69, 9.17) is 0 Å². The number of ketones is 4. The van der Waals surface area contributed by atoms with Gasteiger partial charge in [0, 0.05) is 30.9 Å². The Kier molecular flexibility index (Phi) is 9.67. The van der Waals surface area contributed by atoms with Gasteiger partial charge in [0.25, 0.3) is 0 Å². The van der Waals surface area contributed by atoms with Crippen LogP contribution in [-0.2, 0) is 22.4 Å². The van der Waals surface area contributed by atoms with Gasteiger partial charge in [0.05, 0.1) is 18.6 Å². The summed E-state index contributed by atoms with van der Waals surface area (Å²) in [6.45, 7) is 0.710. The Hall–Kier alpha value is -3.16. The van der Waals surface area contributed by atoms with E-state index in [1.807, 2.05) is 18.2 Å². The van der Waals surface area contributed by atoms with E-state index in [-0.39, 0.29) is 73.0 Å². The van der Waals surface area contributed by atoms with Crippen LogP contribution in [0.3, 0.4) is 0 Å². The van der Waals surface area contributed by atoms with E-state index in [0.717, 1.165) is 11.1 Å². The Balaban J connectivity index is 1.80. The summed E-state index contributed by atoms with van der Waals surface area (Å²) < 4.78 is 0. The summed E-state index contributed by atoms with van der Waals surface area (Å²) in [5.74, 6) is -2.26. The molecular formula is C29H34O7. The van der Waals surface area contributed by atoms with Gasteiger partial charge < -0.3 is 15.3 Å². The van der Waals surface area contributed by atoms with E-state index in [2.05, 4.69) is 0 Å². The predicted molar refractivity (Wildman–Crippen MR) is 134 cm³/mol. The average Bonchev–Trinajstić information content (AvgIpc) is 2.84. The summed E-state index contributed by atoms with van der Waals surface area (Å²) >= 11 is 0. The lowest BCUT2D eigenvalue weighted by Gasteiger charge is -2.31. The molecule has 7 nitrogen and oxygen atoms in total. The highest BCUT2D eigenvalue weighted by molar-refractivity contribution is 6.02. The third-order valence-corrected chi connectivity index (χ3v) is 7.09. The molecule has 2 aromatic carbocycles. The van der Waals surface area contributed by atoms with Crippen molar-refractivity contribution in [2.24, 2.45) is 17.8 Å². The molecule has 0 aliphatic heterocycles. The Labute approximate surface area is 211 Å². The Bertz CT molecular complexity index is 1110. The van der Waals surface area contributed by atoms with Crippen LogP contribution < -0.4 is 0 Å². The van der Waals surface area contributed by atoms with E-state index >= 15 is 0 Å². The number of carbonyl (C=O) groups excluding carboxylic acids is 4. The SMILES string of the molecule is CC(=O)CC(=O)C(CO)C(CCO)CC1CC(=O)c2c(O)ccc(CCC(=O)c3ccccc3)c2C1. The first kappa shape index (κ1) is 27.4. The van der Waals surface area contributed by atoms with Crippen LogP contribution >= 0.6 is 0 Å². The molecule has 36 heavy (non-hydrogen) atoms. The van der Waals surface area contributed by atoms with Crippen LogP contribution in [0.25, 0.3) is 0 Å². The molecule has 0 spiro atoms. The van der Waals surface area contributed by atoms with Crippen LogP contribution in [0.2, 0.25) is 0 Å². The third-order valence-electron chi connectivity index (χ3n) is 7.09. The molecule has 1 aliphatic carbocycles. The van der Waals surface area contributed by atoms with Gasteiger partial charge in [-0.3, -0.25) is 19.2 Å². The van der Waals surface area contributed by atoms with Crippen LogP contribution in [0, 0.1) is 17.8 Å². The van der Waals surface area contributed by atoms with Gasteiger partial charge in [0.15, 0.2) is 11.6 Å². The number of Topliss-reactive ketones (excluding diaryl/α,β-unsaturated/α-hetero) is 4. The molecule has 3 atom stereocenters. The maximum Gasteiger partial charge on any atom is 0.167 e. The van der Waals surface area contributed by atoms with E-state index in [0.29, 0.717) is 30.4 Å². The average molecular weight is 495 g/mol. The normalized spacial score (nSPS) is 16.8.